The molecule has 24 heavy (non-hydrogen) atoms. The van der Waals surface area contributed by atoms with Crippen molar-refractivity contribution in [3.05, 3.63) is 29.6 Å². The van der Waals surface area contributed by atoms with E-state index in [1.54, 1.807) is 0 Å². The van der Waals surface area contributed by atoms with E-state index < -0.39 is 29.8 Å². The molecule has 8 nitrogen and oxygen atoms in total. The van der Waals surface area contributed by atoms with Gasteiger partial charge in [0.15, 0.2) is 0 Å². The standard InChI is InChI=1S/C15H17FN4O4/c16-11-2-1-8(19-4-3-18-15(19)24)5-10(11)14(23)20-7-9(21)6-12(20)13(17)22/h1-2,5,9,12,21H,3-4,6-7H2,(H2,17,22)(H,18,24)/t9-,12+/m1/s1. The Kier molecular flexibility index (Phi) is 4.10. The summed E-state index contributed by atoms with van der Waals surface area (Å²) in [5, 5.41) is 12.3. The minimum Gasteiger partial charge on any atom is -0.391 e. The largest absolute Gasteiger partial charge is 0.391 e. The topological polar surface area (TPSA) is 116 Å². The minimum absolute atomic E-state index is 0.0247. The van der Waals surface area contributed by atoms with Crippen LogP contribution >= 0.6 is 0 Å². The van der Waals surface area contributed by atoms with Crippen molar-refractivity contribution < 1.29 is 23.9 Å². The maximum Gasteiger partial charge on any atom is 0.321 e. The molecule has 4 amide bonds. The number of nitrogens with zero attached hydrogens (tertiary/aromatic N) is 2. The molecule has 2 aliphatic heterocycles. The van der Waals surface area contributed by atoms with E-state index in [0.717, 1.165) is 11.0 Å². The quantitative estimate of drug-likeness (QED) is 0.684. The zero-order valence-electron chi connectivity index (χ0n) is 12.7. The molecule has 4 N–H and O–H groups in total. The molecule has 0 aromatic heterocycles. The summed E-state index contributed by atoms with van der Waals surface area (Å²) in [6.45, 7) is 0.770. The average molecular weight is 336 g/mol. The molecule has 1 aromatic carbocycles. The Labute approximate surface area is 137 Å². The molecular formula is C15H17FN4O4. The lowest BCUT2D eigenvalue weighted by atomic mass is 10.1. The number of urea groups is 1. The van der Waals surface area contributed by atoms with Crippen LogP contribution in [-0.2, 0) is 4.79 Å². The summed E-state index contributed by atoms with van der Waals surface area (Å²) in [7, 11) is 0. The van der Waals surface area contributed by atoms with Gasteiger partial charge in [-0.05, 0) is 18.2 Å². The van der Waals surface area contributed by atoms with Crippen molar-refractivity contribution in [2.24, 2.45) is 5.73 Å². The molecule has 3 rings (SSSR count). The number of primary amides is 1. The number of rotatable bonds is 3. The fourth-order valence-corrected chi connectivity index (χ4v) is 3.03. The Bertz CT molecular complexity index is 711. The Balaban J connectivity index is 1.92. The van der Waals surface area contributed by atoms with Crippen LogP contribution in [0.3, 0.4) is 0 Å². The van der Waals surface area contributed by atoms with E-state index in [1.165, 1.54) is 17.0 Å². The fraction of sp³-hybridized carbons (Fsp3) is 0.400. The molecule has 0 unspecified atom stereocenters. The zero-order chi connectivity index (χ0) is 17.4. The molecule has 0 bridgehead atoms. The van der Waals surface area contributed by atoms with Gasteiger partial charge in [0.2, 0.25) is 5.91 Å². The number of carbonyl (C=O) groups excluding carboxylic acids is 3. The third-order valence-corrected chi connectivity index (χ3v) is 4.22. The lowest BCUT2D eigenvalue weighted by molar-refractivity contribution is -0.121. The van der Waals surface area contributed by atoms with E-state index >= 15 is 0 Å². The minimum atomic E-state index is -0.981. The molecule has 2 atom stereocenters. The number of carbonyl (C=O) groups is 3. The number of β-amino-alcohol motifs (C(OH)–C–C–N with tert-alkyl or cyclic N) is 1. The van der Waals surface area contributed by atoms with Gasteiger partial charge in [0, 0.05) is 31.7 Å². The molecular weight excluding hydrogens is 319 g/mol. The predicted octanol–water partition coefficient (Wildman–Crippen LogP) is -0.584. The number of halogens is 1. The number of likely N-dealkylation sites (tertiary alicyclic amines) is 1. The van der Waals surface area contributed by atoms with Gasteiger partial charge < -0.3 is 21.1 Å². The van der Waals surface area contributed by atoms with E-state index in [9.17, 15) is 23.9 Å². The first-order chi connectivity index (χ1) is 11.4. The van der Waals surface area contributed by atoms with E-state index in [0.29, 0.717) is 18.8 Å². The summed E-state index contributed by atoms with van der Waals surface area (Å²) in [6, 6.07) is 2.46. The molecule has 0 aliphatic carbocycles. The summed E-state index contributed by atoms with van der Waals surface area (Å²) < 4.78 is 14.1. The molecule has 2 aliphatic rings. The van der Waals surface area contributed by atoms with Crippen LogP contribution in [0.4, 0.5) is 14.9 Å². The van der Waals surface area contributed by atoms with Crippen molar-refractivity contribution >= 4 is 23.5 Å². The van der Waals surface area contributed by atoms with Gasteiger partial charge in [-0.2, -0.15) is 0 Å². The second-order valence-corrected chi connectivity index (χ2v) is 5.81. The first kappa shape index (κ1) is 16.2. The first-order valence-corrected chi connectivity index (χ1v) is 7.51. The lowest BCUT2D eigenvalue weighted by Crippen LogP contribution is -2.44. The number of hydrogen-bond acceptors (Lipinski definition) is 4. The van der Waals surface area contributed by atoms with Gasteiger partial charge in [0.25, 0.3) is 5.91 Å². The van der Waals surface area contributed by atoms with Crippen molar-refractivity contribution in [1.82, 2.24) is 10.2 Å². The third kappa shape index (κ3) is 2.78. The average Bonchev–Trinajstić information content (AvgIpc) is 3.13. The second-order valence-electron chi connectivity index (χ2n) is 5.81. The monoisotopic (exact) mass is 336 g/mol. The van der Waals surface area contributed by atoms with Crippen molar-refractivity contribution in [1.29, 1.82) is 0 Å². The van der Waals surface area contributed by atoms with Crippen molar-refractivity contribution in [3.8, 4) is 0 Å². The number of benzene rings is 1. The Morgan fingerprint density at radius 2 is 2.12 bits per heavy atom. The van der Waals surface area contributed by atoms with E-state index in [4.69, 9.17) is 5.73 Å². The van der Waals surface area contributed by atoms with Gasteiger partial charge in [-0.15, -0.1) is 0 Å². The van der Waals surface area contributed by atoms with Gasteiger partial charge in [0.1, 0.15) is 11.9 Å². The van der Waals surface area contributed by atoms with Gasteiger partial charge in [0.05, 0.1) is 11.7 Å². The summed E-state index contributed by atoms with van der Waals surface area (Å²) in [5.41, 5.74) is 5.36. The Morgan fingerprint density at radius 3 is 2.75 bits per heavy atom. The van der Waals surface area contributed by atoms with Crippen LogP contribution in [0.15, 0.2) is 18.2 Å². The summed E-state index contributed by atoms with van der Waals surface area (Å²) in [6.07, 6.45) is -0.862. The van der Waals surface area contributed by atoms with Crippen LogP contribution in [0.25, 0.3) is 0 Å². The second kappa shape index (κ2) is 6.08. The van der Waals surface area contributed by atoms with Gasteiger partial charge in [-0.3, -0.25) is 14.5 Å². The highest BCUT2D eigenvalue weighted by atomic mass is 19.1. The van der Waals surface area contributed by atoms with Crippen LogP contribution in [0.1, 0.15) is 16.8 Å². The number of nitrogens with two attached hydrogens (primary N) is 1. The molecule has 128 valence electrons. The highest BCUT2D eigenvalue weighted by molar-refractivity contribution is 6.00. The van der Waals surface area contributed by atoms with Crippen LogP contribution in [0.2, 0.25) is 0 Å². The number of anilines is 1. The number of amides is 4. The van der Waals surface area contributed by atoms with E-state index in [1.807, 2.05) is 0 Å². The van der Waals surface area contributed by atoms with Crippen LogP contribution < -0.4 is 16.0 Å². The Hall–Kier alpha value is -2.68. The van der Waals surface area contributed by atoms with E-state index in [2.05, 4.69) is 5.32 Å². The van der Waals surface area contributed by atoms with Crippen LogP contribution in [0.5, 0.6) is 0 Å². The molecule has 0 radical (unpaired) electrons. The Morgan fingerprint density at radius 1 is 1.38 bits per heavy atom. The number of aliphatic hydroxyl groups is 1. The smallest absolute Gasteiger partial charge is 0.321 e. The molecule has 2 saturated heterocycles. The molecule has 0 saturated carbocycles. The van der Waals surface area contributed by atoms with Gasteiger partial charge >= 0.3 is 6.03 Å². The van der Waals surface area contributed by atoms with Crippen LogP contribution in [-0.4, -0.2) is 59.6 Å². The number of nitrogens with one attached hydrogen (secondary N) is 1. The first-order valence-electron chi connectivity index (χ1n) is 7.51. The summed E-state index contributed by atoms with van der Waals surface area (Å²) in [5.74, 6) is -2.27. The third-order valence-electron chi connectivity index (χ3n) is 4.22. The molecule has 0 spiro atoms. The zero-order valence-corrected chi connectivity index (χ0v) is 12.7. The summed E-state index contributed by atoms with van der Waals surface area (Å²) >= 11 is 0. The molecule has 2 heterocycles. The maximum absolute atomic E-state index is 14.1. The SMILES string of the molecule is NC(=O)[C@@H]1C[C@@H](O)CN1C(=O)c1cc(N2CCNC2=O)ccc1F. The highest BCUT2D eigenvalue weighted by Gasteiger charge is 2.39. The lowest BCUT2D eigenvalue weighted by Gasteiger charge is -2.23. The highest BCUT2D eigenvalue weighted by Crippen LogP contribution is 2.25. The molecule has 9 heteroatoms. The van der Waals surface area contributed by atoms with E-state index in [-0.39, 0.29) is 24.6 Å². The van der Waals surface area contributed by atoms with Gasteiger partial charge in [-0.25, -0.2) is 9.18 Å². The van der Waals surface area contributed by atoms with Gasteiger partial charge in [-0.1, -0.05) is 0 Å². The molecule has 1 aromatic rings. The van der Waals surface area contributed by atoms with Crippen molar-refractivity contribution in [3.63, 3.8) is 0 Å². The predicted molar refractivity (Wildman–Crippen MR) is 81.8 cm³/mol. The maximum atomic E-state index is 14.1. The summed E-state index contributed by atoms with van der Waals surface area (Å²) in [4.78, 5) is 38.3. The van der Waals surface area contributed by atoms with Crippen molar-refractivity contribution in [2.45, 2.75) is 18.6 Å². The van der Waals surface area contributed by atoms with Crippen LogP contribution in [0, 0.1) is 5.82 Å². The fourth-order valence-electron chi connectivity index (χ4n) is 3.03. The number of aliphatic hydroxyl groups excluding tert-OH is 1. The number of hydrogen-bond donors (Lipinski definition) is 3. The van der Waals surface area contributed by atoms with Crippen molar-refractivity contribution in [2.75, 3.05) is 24.5 Å². The molecule has 2 fully saturated rings. The normalized spacial score (nSPS) is 23.5.